The van der Waals surface area contributed by atoms with Gasteiger partial charge in [-0.2, -0.15) is 14.0 Å². The van der Waals surface area contributed by atoms with Crippen LogP contribution in [0.25, 0.3) is 0 Å². The van der Waals surface area contributed by atoms with Crippen LogP contribution in [-0.4, -0.2) is 38.3 Å². The second kappa shape index (κ2) is 9.70. The van der Waals surface area contributed by atoms with E-state index in [-0.39, 0.29) is 41.6 Å². The molecule has 0 bridgehead atoms. The molecule has 3 N–H and O–H groups in total. The van der Waals surface area contributed by atoms with Crippen LogP contribution in [0, 0.1) is 16.7 Å². The number of carbonyl (C=O) groups excluding carboxylic acids is 1. The summed E-state index contributed by atoms with van der Waals surface area (Å²) < 4.78 is 14.3. The number of amides is 1. The minimum atomic E-state index is -0.373. The lowest BCUT2D eigenvalue weighted by Crippen LogP contribution is -2.27. The van der Waals surface area contributed by atoms with Crippen molar-refractivity contribution in [1.82, 2.24) is 13.6 Å². The zero-order valence-electron chi connectivity index (χ0n) is 18.4. The summed E-state index contributed by atoms with van der Waals surface area (Å²) in [7, 11) is 1.59. The Morgan fingerprint density at radius 3 is 2.69 bits per heavy atom. The van der Waals surface area contributed by atoms with Crippen molar-refractivity contribution in [2.24, 2.45) is 5.41 Å². The molecule has 3 aromatic rings. The summed E-state index contributed by atoms with van der Waals surface area (Å²) in [4.78, 5) is 14.1. The standard InChI is InChI=1S/C22H26N6O3S/c1-22(2,3)18(16-10-6-13-31-16)25-20-19(26-32-27-20)24-15-9-5-8-14(17(15)29)21(30)28(4)12-7-11-23/h5-6,8-10,13,18,29H,7,12H2,1-4H3,(H,24,26)(H,25,27)/t18-/m0/s1. The molecule has 1 aromatic carbocycles. The van der Waals surface area contributed by atoms with E-state index in [1.54, 1.807) is 25.4 Å². The van der Waals surface area contributed by atoms with Gasteiger partial charge in [-0.15, -0.1) is 0 Å². The third-order valence-electron chi connectivity index (χ3n) is 4.89. The predicted octanol–water partition coefficient (Wildman–Crippen LogP) is 4.77. The highest BCUT2D eigenvalue weighted by atomic mass is 32.1. The molecule has 0 aliphatic heterocycles. The monoisotopic (exact) mass is 454 g/mol. The first kappa shape index (κ1) is 23.1. The number of nitrogens with one attached hydrogen (secondary N) is 2. The van der Waals surface area contributed by atoms with Crippen LogP contribution in [0.5, 0.6) is 5.75 Å². The van der Waals surface area contributed by atoms with Gasteiger partial charge in [-0.05, 0) is 29.7 Å². The molecule has 1 amide bonds. The maximum Gasteiger partial charge on any atom is 0.257 e. The third kappa shape index (κ3) is 5.18. The first-order chi connectivity index (χ1) is 15.2. The molecule has 10 heteroatoms. The minimum Gasteiger partial charge on any atom is -0.505 e. The Morgan fingerprint density at radius 1 is 1.28 bits per heavy atom. The molecule has 0 aliphatic rings. The Kier molecular flexibility index (Phi) is 7.00. The van der Waals surface area contributed by atoms with E-state index in [4.69, 9.17) is 9.68 Å². The average molecular weight is 455 g/mol. The van der Waals surface area contributed by atoms with Crippen LogP contribution in [0.1, 0.15) is 49.4 Å². The van der Waals surface area contributed by atoms with Gasteiger partial charge in [-0.3, -0.25) is 4.79 Å². The van der Waals surface area contributed by atoms with E-state index >= 15 is 0 Å². The molecule has 2 aromatic heterocycles. The van der Waals surface area contributed by atoms with Crippen LogP contribution >= 0.6 is 11.7 Å². The Morgan fingerprint density at radius 2 is 2.03 bits per heavy atom. The lowest BCUT2D eigenvalue weighted by atomic mass is 9.85. The van der Waals surface area contributed by atoms with E-state index in [0.29, 0.717) is 17.3 Å². The second-order valence-corrected chi connectivity index (χ2v) is 8.91. The number of para-hydroxylation sites is 1. The van der Waals surface area contributed by atoms with Gasteiger partial charge in [0.05, 0.1) is 47.8 Å². The maximum absolute atomic E-state index is 12.7. The molecular weight excluding hydrogens is 428 g/mol. The number of hydrogen-bond donors (Lipinski definition) is 3. The van der Waals surface area contributed by atoms with Gasteiger partial charge in [0.25, 0.3) is 5.91 Å². The van der Waals surface area contributed by atoms with Crippen molar-refractivity contribution >= 4 is 35.0 Å². The van der Waals surface area contributed by atoms with Gasteiger partial charge in [0.2, 0.25) is 0 Å². The van der Waals surface area contributed by atoms with Gasteiger partial charge in [-0.25, -0.2) is 0 Å². The fourth-order valence-corrected chi connectivity index (χ4v) is 3.62. The molecule has 0 unspecified atom stereocenters. The summed E-state index contributed by atoms with van der Waals surface area (Å²) in [5.74, 6) is 1.13. The minimum absolute atomic E-state index is 0.135. The third-order valence-corrected chi connectivity index (χ3v) is 5.42. The zero-order valence-corrected chi connectivity index (χ0v) is 19.2. The summed E-state index contributed by atoms with van der Waals surface area (Å²) >= 11 is 1.02. The number of phenolic OH excluding ortho intramolecular Hbond substituents is 1. The lowest BCUT2D eigenvalue weighted by molar-refractivity contribution is 0.0795. The summed E-state index contributed by atoms with van der Waals surface area (Å²) in [6.07, 6.45) is 1.84. The van der Waals surface area contributed by atoms with E-state index in [2.05, 4.69) is 40.2 Å². The Hall–Kier alpha value is -3.58. The summed E-state index contributed by atoms with van der Waals surface area (Å²) in [6.45, 7) is 6.54. The van der Waals surface area contributed by atoms with Crippen molar-refractivity contribution in [3.05, 3.63) is 47.9 Å². The largest absolute Gasteiger partial charge is 0.505 e. The van der Waals surface area contributed by atoms with Crippen LogP contribution in [-0.2, 0) is 0 Å². The zero-order chi connectivity index (χ0) is 23.3. The highest BCUT2D eigenvalue weighted by Gasteiger charge is 2.30. The molecule has 0 spiro atoms. The normalized spacial score (nSPS) is 12.1. The topological polar surface area (TPSA) is 127 Å². The van der Waals surface area contributed by atoms with Gasteiger partial charge < -0.3 is 25.1 Å². The summed E-state index contributed by atoms with van der Waals surface area (Å²) in [5, 5.41) is 25.9. The number of benzene rings is 1. The van der Waals surface area contributed by atoms with E-state index in [1.807, 2.05) is 18.2 Å². The highest BCUT2D eigenvalue weighted by molar-refractivity contribution is 6.99. The fraction of sp³-hybridized carbons (Fsp3) is 0.364. The Labute approximate surface area is 191 Å². The molecule has 0 aliphatic carbocycles. The predicted molar refractivity (Wildman–Crippen MR) is 123 cm³/mol. The number of furan rings is 1. The van der Waals surface area contributed by atoms with Gasteiger partial charge in [0.1, 0.15) is 5.76 Å². The maximum atomic E-state index is 12.7. The second-order valence-electron chi connectivity index (χ2n) is 8.38. The molecule has 168 valence electrons. The van der Waals surface area contributed by atoms with Crippen LogP contribution < -0.4 is 10.6 Å². The number of carbonyl (C=O) groups is 1. The van der Waals surface area contributed by atoms with Gasteiger partial charge in [0, 0.05) is 13.6 Å². The molecule has 2 heterocycles. The first-order valence-corrected chi connectivity index (χ1v) is 10.8. The number of hydrogen-bond acceptors (Lipinski definition) is 9. The number of aromatic nitrogens is 2. The lowest BCUT2D eigenvalue weighted by Gasteiger charge is -2.30. The summed E-state index contributed by atoms with van der Waals surface area (Å²) in [5.41, 5.74) is 0.281. The summed E-state index contributed by atoms with van der Waals surface area (Å²) in [6, 6.07) is 10.4. The number of nitrogens with zero attached hydrogens (tertiary/aromatic N) is 4. The molecule has 9 nitrogen and oxygen atoms in total. The molecule has 0 saturated carbocycles. The Bertz CT molecular complexity index is 1100. The van der Waals surface area contributed by atoms with Gasteiger partial charge in [-0.1, -0.05) is 26.8 Å². The number of phenols is 1. The fourth-order valence-electron chi connectivity index (χ4n) is 3.14. The molecule has 32 heavy (non-hydrogen) atoms. The molecule has 1 atom stereocenters. The van der Waals surface area contributed by atoms with E-state index < -0.39 is 0 Å². The number of aromatic hydroxyl groups is 1. The molecule has 0 radical (unpaired) electrons. The van der Waals surface area contributed by atoms with Crippen LogP contribution in [0.2, 0.25) is 0 Å². The van der Waals surface area contributed by atoms with Crippen molar-refractivity contribution in [3.8, 4) is 11.8 Å². The highest BCUT2D eigenvalue weighted by Crippen LogP contribution is 2.38. The Balaban J connectivity index is 1.84. The smallest absolute Gasteiger partial charge is 0.257 e. The molecule has 3 rings (SSSR count). The first-order valence-electron chi connectivity index (χ1n) is 10.1. The van der Waals surface area contributed by atoms with Crippen molar-refractivity contribution in [3.63, 3.8) is 0 Å². The van der Waals surface area contributed by atoms with E-state index in [9.17, 15) is 9.90 Å². The number of rotatable bonds is 8. The molecule has 0 fully saturated rings. The molecule has 0 saturated heterocycles. The van der Waals surface area contributed by atoms with E-state index in [1.165, 1.54) is 11.0 Å². The number of anilines is 3. The van der Waals surface area contributed by atoms with Gasteiger partial charge >= 0.3 is 0 Å². The molecular formula is C22H26N6O3S. The van der Waals surface area contributed by atoms with Crippen molar-refractivity contribution in [2.75, 3.05) is 24.2 Å². The van der Waals surface area contributed by atoms with E-state index in [0.717, 1.165) is 17.5 Å². The van der Waals surface area contributed by atoms with Gasteiger partial charge in [0.15, 0.2) is 17.4 Å². The average Bonchev–Trinajstić information content (AvgIpc) is 3.42. The number of nitriles is 1. The van der Waals surface area contributed by atoms with Crippen molar-refractivity contribution < 1.29 is 14.3 Å². The van der Waals surface area contributed by atoms with Crippen LogP contribution in [0.15, 0.2) is 41.0 Å². The van der Waals surface area contributed by atoms with Crippen LogP contribution in [0.4, 0.5) is 17.3 Å². The quantitative estimate of drug-likeness (QED) is 0.416. The SMILES string of the molecule is CN(CCC#N)C(=O)c1cccc(Nc2nsnc2N[C@@H](c2ccco2)C(C)(C)C)c1O. The van der Waals surface area contributed by atoms with Crippen LogP contribution in [0.3, 0.4) is 0 Å². The van der Waals surface area contributed by atoms with Crippen molar-refractivity contribution in [1.29, 1.82) is 5.26 Å². The van der Waals surface area contributed by atoms with Crippen molar-refractivity contribution in [2.45, 2.75) is 33.2 Å².